The van der Waals surface area contributed by atoms with E-state index >= 15 is 0 Å². The zero-order valence-corrected chi connectivity index (χ0v) is 7.11. The Hall–Kier alpha value is 0.0373. The molecule has 0 radical (unpaired) electrons. The van der Waals surface area contributed by atoms with Crippen molar-refractivity contribution < 1.29 is 52.0 Å². The third-order valence-corrected chi connectivity index (χ3v) is 0. The summed E-state index contributed by atoms with van der Waals surface area (Å²) < 4.78 is 110. The second-order valence-electron chi connectivity index (χ2n) is 1.44. The van der Waals surface area contributed by atoms with Crippen LogP contribution in [-0.4, -0.2) is 50.9 Å². The molecular formula is H3B2F8LiO4S-2. The predicted octanol–water partition coefficient (Wildman–Crippen LogP) is 1.30. The maximum absolute atomic E-state index is 9.75. The van der Waals surface area contributed by atoms with Gasteiger partial charge in [-0.3, -0.25) is 9.11 Å². The number of hydrogen-bond acceptors (Lipinski definition) is 2. The van der Waals surface area contributed by atoms with Gasteiger partial charge >= 0.3 is 43.8 Å². The first-order chi connectivity index (χ1) is 6.00. The molecule has 0 aliphatic rings. The molecule has 0 spiro atoms. The van der Waals surface area contributed by atoms with E-state index in [1.54, 1.807) is 0 Å². The molecule has 16 heteroatoms. The van der Waals surface area contributed by atoms with Gasteiger partial charge in [0, 0.05) is 0 Å². The van der Waals surface area contributed by atoms with Gasteiger partial charge in [-0.05, 0) is 0 Å². The normalized spacial score (nSPS) is 11.1. The van der Waals surface area contributed by atoms with Crippen LogP contribution in [0.15, 0.2) is 0 Å². The second kappa shape index (κ2) is 9.11. The van der Waals surface area contributed by atoms with Crippen LogP contribution in [0, 0.1) is 0 Å². The fourth-order valence-corrected chi connectivity index (χ4v) is 0. The van der Waals surface area contributed by atoms with Crippen LogP contribution >= 0.6 is 0 Å². The fraction of sp³-hybridized carbons (Fsp3) is 0. The molecule has 0 aromatic rings. The van der Waals surface area contributed by atoms with E-state index in [1.807, 2.05) is 0 Å². The van der Waals surface area contributed by atoms with E-state index in [9.17, 15) is 34.5 Å². The summed E-state index contributed by atoms with van der Waals surface area (Å²) in [6.07, 6.45) is 0. The minimum atomic E-state index is -6.00. The zero-order chi connectivity index (χ0) is 13.5. The summed E-state index contributed by atoms with van der Waals surface area (Å²) in [6.45, 7) is 0. The van der Waals surface area contributed by atoms with E-state index in [-0.39, 0.29) is 18.9 Å². The van der Waals surface area contributed by atoms with Gasteiger partial charge in [-0.1, -0.05) is 0 Å². The molecule has 0 aliphatic carbocycles. The molecule has 0 bridgehead atoms. The molecule has 0 atom stereocenters. The molecule has 0 rings (SSSR count). The molecule has 0 heterocycles. The van der Waals surface area contributed by atoms with Gasteiger partial charge in [-0.2, -0.15) is 8.42 Å². The molecule has 2 N–H and O–H groups in total. The van der Waals surface area contributed by atoms with E-state index in [4.69, 9.17) is 17.5 Å². The summed E-state index contributed by atoms with van der Waals surface area (Å²) in [4.78, 5) is 0. The zero-order valence-electron chi connectivity index (χ0n) is 6.30. The Morgan fingerprint density at radius 3 is 0.688 bits per heavy atom. The van der Waals surface area contributed by atoms with Gasteiger partial charge in [0.2, 0.25) is 0 Å². The number of rotatable bonds is 0. The first kappa shape index (κ1) is 25.0. The third-order valence-electron chi connectivity index (χ3n) is 0. The summed E-state index contributed by atoms with van der Waals surface area (Å²) in [6, 6.07) is 0. The van der Waals surface area contributed by atoms with Crippen LogP contribution in [0.3, 0.4) is 0 Å². The molecule has 4 nitrogen and oxygen atoms in total. The van der Waals surface area contributed by atoms with Gasteiger partial charge in [0.05, 0.1) is 0 Å². The maximum atomic E-state index is 9.75. The third kappa shape index (κ3) is 1720000. The molecule has 0 aliphatic heterocycles. The molecular weight excluding hydrogens is 277 g/mol. The second-order valence-corrected chi connectivity index (χ2v) is 2.33. The minimum absolute atomic E-state index is 0. The summed E-state index contributed by atoms with van der Waals surface area (Å²) in [5.74, 6) is 0. The molecule has 98 valence electrons. The molecule has 0 saturated carbocycles. The van der Waals surface area contributed by atoms with Crippen molar-refractivity contribution in [2.24, 2.45) is 0 Å². The van der Waals surface area contributed by atoms with Crippen LogP contribution in [0.5, 0.6) is 0 Å². The summed E-state index contributed by atoms with van der Waals surface area (Å²) in [5, 5.41) is 0. The number of hydrogen-bond donors (Lipinski definition) is 2. The average molecular weight is 280 g/mol. The Balaban J connectivity index is -0.0000000655. The van der Waals surface area contributed by atoms with Gasteiger partial charge in [0.25, 0.3) is 0 Å². The van der Waals surface area contributed by atoms with Crippen molar-refractivity contribution in [2.75, 3.05) is 0 Å². The Bertz CT molecular complexity index is 210. The Kier molecular flexibility index (Phi) is 14.2. The average Bonchev–Trinajstić information content (AvgIpc) is 1.41. The molecule has 0 aromatic heterocycles. The van der Waals surface area contributed by atoms with E-state index < -0.39 is 24.9 Å². The summed E-state index contributed by atoms with van der Waals surface area (Å²) in [7, 11) is -16.7. The van der Waals surface area contributed by atoms with Crippen molar-refractivity contribution >= 4 is 43.8 Å². The Morgan fingerprint density at radius 1 is 0.688 bits per heavy atom. The first-order valence-electron chi connectivity index (χ1n) is 2.44. The van der Waals surface area contributed by atoms with Crippen LogP contribution < -0.4 is 0 Å². The van der Waals surface area contributed by atoms with Crippen molar-refractivity contribution in [3.05, 3.63) is 0 Å². The standard InChI is InChI=1S/2BF4.Li.H2O4S.H/c2*2-1(3,4)5;;1-5(2,3)4;/h;;;(H2,1,2,3,4);/q2*-1;;;. The summed E-state index contributed by atoms with van der Waals surface area (Å²) in [5.41, 5.74) is 0. The monoisotopic (exact) mass is 280 g/mol. The van der Waals surface area contributed by atoms with Crippen LogP contribution in [0.25, 0.3) is 0 Å². The molecule has 16 heavy (non-hydrogen) atoms. The van der Waals surface area contributed by atoms with Crippen LogP contribution in [0.4, 0.5) is 34.5 Å². The summed E-state index contributed by atoms with van der Waals surface area (Å²) >= 11 is 0. The van der Waals surface area contributed by atoms with Gasteiger partial charge in [0.1, 0.15) is 0 Å². The van der Waals surface area contributed by atoms with Crippen molar-refractivity contribution in [3.63, 3.8) is 0 Å². The first-order valence-corrected chi connectivity index (χ1v) is 3.84. The van der Waals surface area contributed by atoms with Crippen molar-refractivity contribution in [3.8, 4) is 0 Å². The molecule has 0 aromatic carbocycles. The van der Waals surface area contributed by atoms with Crippen LogP contribution in [-0.2, 0) is 10.4 Å². The van der Waals surface area contributed by atoms with Gasteiger partial charge in [-0.25, -0.2) is 0 Å². The number of halogens is 8. The molecule has 0 unspecified atom stereocenters. The van der Waals surface area contributed by atoms with Crippen LogP contribution in [0.1, 0.15) is 0 Å². The quantitative estimate of drug-likeness (QED) is 0.398. The van der Waals surface area contributed by atoms with Gasteiger partial charge < -0.3 is 34.5 Å². The van der Waals surface area contributed by atoms with Gasteiger partial charge in [0.15, 0.2) is 0 Å². The molecule has 0 amide bonds. The fourth-order valence-electron chi connectivity index (χ4n) is 0. The van der Waals surface area contributed by atoms with Crippen molar-refractivity contribution in [1.82, 2.24) is 0 Å². The van der Waals surface area contributed by atoms with E-state index in [0.717, 1.165) is 0 Å². The SMILES string of the molecule is F[B-](F)(F)F.F[B-](F)(F)F.O=S(=O)(O)O.[LiH]. The molecule has 0 fully saturated rings. The van der Waals surface area contributed by atoms with E-state index in [2.05, 4.69) is 0 Å². The topological polar surface area (TPSA) is 74.6 Å². The van der Waals surface area contributed by atoms with Crippen molar-refractivity contribution in [2.45, 2.75) is 0 Å². The Morgan fingerprint density at radius 2 is 0.688 bits per heavy atom. The van der Waals surface area contributed by atoms with E-state index in [0.29, 0.717) is 0 Å². The van der Waals surface area contributed by atoms with Crippen molar-refractivity contribution in [1.29, 1.82) is 0 Å². The predicted molar refractivity (Wildman–Crippen MR) is 41.7 cm³/mol. The Labute approximate surface area is 96.4 Å². The van der Waals surface area contributed by atoms with E-state index in [1.165, 1.54) is 0 Å². The van der Waals surface area contributed by atoms with Gasteiger partial charge in [-0.15, -0.1) is 0 Å². The van der Waals surface area contributed by atoms with Crippen LogP contribution in [0.2, 0.25) is 0 Å². The molecule has 0 saturated heterocycles.